The summed E-state index contributed by atoms with van der Waals surface area (Å²) in [4.78, 5) is 24.8. The number of carbonyl (C=O) groups excluding carboxylic acids is 2. The van der Waals surface area contributed by atoms with Gasteiger partial charge >= 0.3 is 12.1 Å². The second-order valence-corrected chi connectivity index (χ2v) is 8.92. The summed E-state index contributed by atoms with van der Waals surface area (Å²) in [5.74, 6) is -0.348. The lowest BCUT2D eigenvalue weighted by molar-refractivity contribution is 0.0601. The molecule has 12 heteroatoms. The predicted molar refractivity (Wildman–Crippen MR) is 153 cm³/mol. The van der Waals surface area contributed by atoms with Crippen LogP contribution in [0.3, 0.4) is 0 Å². The summed E-state index contributed by atoms with van der Waals surface area (Å²) in [6, 6.07) is 7.47. The highest BCUT2D eigenvalue weighted by Gasteiger charge is 2.19. The summed E-state index contributed by atoms with van der Waals surface area (Å²) in [6.45, 7) is 4.70. The minimum atomic E-state index is -0.830. The molecule has 40 heavy (non-hydrogen) atoms. The van der Waals surface area contributed by atoms with E-state index < -0.39 is 17.9 Å². The van der Waals surface area contributed by atoms with Gasteiger partial charge in [0.2, 0.25) is 0 Å². The van der Waals surface area contributed by atoms with Crippen molar-refractivity contribution < 1.29 is 32.9 Å². The molecule has 0 saturated heterocycles. The van der Waals surface area contributed by atoms with Gasteiger partial charge in [-0.2, -0.15) is 0 Å². The zero-order chi connectivity index (χ0) is 29.2. The molecule has 0 saturated carbocycles. The molecule has 6 N–H and O–H groups in total. The summed E-state index contributed by atoms with van der Waals surface area (Å²) in [5, 5.41) is 12.2. The molecule has 0 radical (unpaired) electrons. The Balaban J connectivity index is 1.87. The molecule has 0 bridgehead atoms. The second kappa shape index (κ2) is 18.6. The van der Waals surface area contributed by atoms with Crippen LogP contribution in [0.5, 0.6) is 11.5 Å². The SMILES string of the molecule is COC(=O)c1cc(F)c(NCCCNCCCCNCCCN)cc1NC(=O)OCc1cc(OC)cc(OC)c1. The molecule has 11 nitrogen and oxygen atoms in total. The average molecular weight is 564 g/mol. The first kappa shape index (κ1) is 32.6. The molecule has 2 aromatic carbocycles. The van der Waals surface area contributed by atoms with E-state index in [1.54, 1.807) is 18.2 Å². The number of esters is 1. The van der Waals surface area contributed by atoms with Crippen molar-refractivity contribution in [2.45, 2.75) is 32.3 Å². The Labute approximate surface area is 235 Å². The molecule has 2 rings (SSSR count). The number of ether oxygens (including phenoxy) is 4. The number of benzene rings is 2. The van der Waals surface area contributed by atoms with Gasteiger partial charge in [-0.1, -0.05) is 0 Å². The van der Waals surface area contributed by atoms with Crippen LogP contribution in [0, 0.1) is 5.82 Å². The van der Waals surface area contributed by atoms with E-state index in [-0.39, 0.29) is 23.5 Å². The third-order valence-electron chi connectivity index (χ3n) is 5.89. The Morgan fingerprint density at radius 1 is 0.800 bits per heavy atom. The molecule has 0 unspecified atom stereocenters. The van der Waals surface area contributed by atoms with Gasteiger partial charge in [-0.05, 0) is 88.2 Å². The molecule has 0 heterocycles. The number of nitrogens with one attached hydrogen (secondary N) is 4. The largest absolute Gasteiger partial charge is 0.497 e. The highest BCUT2D eigenvalue weighted by Crippen LogP contribution is 2.26. The van der Waals surface area contributed by atoms with Crippen molar-refractivity contribution in [2.24, 2.45) is 5.73 Å². The smallest absolute Gasteiger partial charge is 0.411 e. The number of unbranched alkanes of at least 4 members (excludes halogenated alkanes) is 1. The minimum Gasteiger partial charge on any atom is -0.497 e. The average Bonchev–Trinajstić information content (AvgIpc) is 2.97. The fourth-order valence-corrected chi connectivity index (χ4v) is 3.75. The van der Waals surface area contributed by atoms with Crippen LogP contribution in [-0.2, 0) is 16.1 Å². The standard InChI is InChI=1S/C28H42FN5O6/c1-37-21-14-20(15-22(16-21)38-2)19-40-28(36)34-25-18-26(24(29)17-23(25)27(35)39-3)33-13-7-12-32-10-5-4-9-31-11-6-8-30/h14-18,31-33H,4-13,19,30H2,1-3H3,(H,34,36). The summed E-state index contributed by atoms with van der Waals surface area (Å²) in [6.07, 6.45) is 3.05. The maximum Gasteiger partial charge on any atom is 0.411 e. The van der Waals surface area contributed by atoms with Crippen LogP contribution < -0.4 is 36.5 Å². The maximum atomic E-state index is 14.7. The van der Waals surface area contributed by atoms with Crippen LogP contribution in [0.15, 0.2) is 30.3 Å². The van der Waals surface area contributed by atoms with Gasteiger partial charge in [0.1, 0.15) is 23.9 Å². The van der Waals surface area contributed by atoms with Crippen molar-refractivity contribution in [2.75, 3.05) is 71.2 Å². The number of halogens is 1. The lowest BCUT2D eigenvalue weighted by atomic mass is 10.1. The molecule has 0 aliphatic heterocycles. The van der Waals surface area contributed by atoms with Gasteiger partial charge < -0.3 is 40.6 Å². The normalized spacial score (nSPS) is 10.6. The van der Waals surface area contributed by atoms with Crippen molar-refractivity contribution in [3.05, 3.63) is 47.3 Å². The molecule has 222 valence electrons. The molecule has 0 aromatic heterocycles. The minimum absolute atomic E-state index is 0.0576. The topological polar surface area (TPSA) is 145 Å². The van der Waals surface area contributed by atoms with Crippen molar-refractivity contribution in [3.8, 4) is 11.5 Å². The van der Waals surface area contributed by atoms with Crippen LogP contribution in [0.25, 0.3) is 0 Å². The number of rotatable bonds is 19. The van der Waals surface area contributed by atoms with Gasteiger partial charge in [0, 0.05) is 12.6 Å². The zero-order valence-electron chi connectivity index (χ0n) is 23.6. The monoisotopic (exact) mass is 563 g/mol. The van der Waals surface area contributed by atoms with Crippen molar-refractivity contribution in [3.63, 3.8) is 0 Å². The van der Waals surface area contributed by atoms with E-state index in [0.29, 0.717) is 30.2 Å². The zero-order valence-corrected chi connectivity index (χ0v) is 23.6. The highest BCUT2D eigenvalue weighted by atomic mass is 19.1. The Morgan fingerprint density at radius 3 is 2.02 bits per heavy atom. The van der Waals surface area contributed by atoms with Crippen molar-refractivity contribution in [1.82, 2.24) is 10.6 Å². The van der Waals surface area contributed by atoms with Gasteiger partial charge in [0.05, 0.1) is 38.3 Å². The number of hydrogen-bond donors (Lipinski definition) is 5. The third-order valence-corrected chi connectivity index (χ3v) is 5.89. The van der Waals surface area contributed by atoms with E-state index in [4.69, 9.17) is 24.7 Å². The highest BCUT2D eigenvalue weighted by molar-refractivity contribution is 6.00. The number of carbonyl (C=O) groups is 2. The van der Waals surface area contributed by atoms with Gasteiger partial charge in [0.15, 0.2) is 0 Å². The molecule has 0 atom stereocenters. The molecule has 1 amide bonds. The van der Waals surface area contributed by atoms with Crippen LogP contribution in [0.2, 0.25) is 0 Å². The first-order valence-corrected chi connectivity index (χ1v) is 13.3. The fourth-order valence-electron chi connectivity index (χ4n) is 3.75. The van der Waals surface area contributed by atoms with E-state index in [1.807, 2.05) is 0 Å². The summed E-state index contributed by atoms with van der Waals surface area (Å²) in [5.41, 5.74) is 6.17. The molecule has 2 aromatic rings. The maximum absolute atomic E-state index is 14.7. The van der Waals surface area contributed by atoms with Gasteiger partial charge in [-0.3, -0.25) is 5.32 Å². The number of hydrogen-bond acceptors (Lipinski definition) is 10. The van der Waals surface area contributed by atoms with Gasteiger partial charge in [0.25, 0.3) is 0 Å². The first-order chi connectivity index (χ1) is 19.4. The van der Waals surface area contributed by atoms with E-state index in [1.165, 1.54) is 27.4 Å². The summed E-state index contributed by atoms with van der Waals surface area (Å²) in [7, 11) is 4.21. The van der Waals surface area contributed by atoms with E-state index in [9.17, 15) is 14.0 Å². The van der Waals surface area contributed by atoms with Crippen LogP contribution in [-0.4, -0.2) is 72.7 Å². The van der Waals surface area contributed by atoms with Gasteiger partial charge in [-0.25, -0.2) is 14.0 Å². The Kier molecular flexibility index (Phi) is 15.2. The summed E-state index contributed by atoms with van der Waals surface area (Å²) < 4.78 is 35.2. The quantitative estimate of drug-likeness (QED) is 0.127. The van der Waals surface area contributed by atoms with Crippen molar-refractivity contribution >= 4 is 23.4 Å². The Bertz CT molecular complexity index is 1050. The van der Waals surface area contributed by atoms with Crippen LogP contribution in [0.4, 0.5) is 20.6 Å². The van der Waals surface area contributed by atoms with E-state index in [2.05, 4.69) is 21.3 Å². The number of amides is 1. The first-order valence-electron chi connectivity index (χ1n) is 13.3. The molecule has 0 spiro atoms. The third kappa shape index (κ3) is 11.6. The molecule has 0 fully saturated rings. The lowest BCUT2D eigenvalue weighted by Crippen LogP contribution is -2.22. The number of nitrogens with two attached hydrogens (primary N) is 1. The molecular weight excluding hydrogens is 521 g/mol. The molecule has 0 aliphatic rings. The lowest BCUT2D eigenvalue weighted by Gasteiger charge is -2.15. The Morgan fingerprint density at radius 2 is 1.43 bits per heavy atom. The second-order valence-electron chi connectivity index (χ2n) is 8.92. The van der Waals surface area contributed by atoms with Crippen LogP contribution >= 0.6 is 0 Å². The van der Waals surface area contributed by atoms with Gasteiger partial charge in [-0.15, -0.1) is 0 Å². The van der Waals surface area contributed by atoms with Crippen molar-refractivity contribution in [1.29, 1.82) is 0 Å². The van der Waals surface area contributed by atoms with Crippen LogP contribution in [0.1, 0.15) is 41.6 Å². The fraction of sp³-hybridized carbons (Fsp3) is 0.500. The predicted octanol–water partition coefficient (Wildman–Crippen LogP) is 3.49. The molecular formula is C28H42FN5O6. The number of methoxy groups -OCH3 is 3. The number of anilines is 2. The Hall–Kier alpha value is -3.61. The summed E-state index contributed by atoms with van der Waals surface area (Å²) >= 11 is 0. The van der Waals surface area contributed by atoms with E-state index >= 15 is 0 Å². The molecule has 0 aliphatic carbocycles. The van der Waals surface area contributed by atoms with E-state index in [0.717, 1.165) is 57.9 Å².